The van der Waals surface area contributed by atoms with E-state index in [1.54, 1.807) is 6.07 Å². The van der Waals surface area contributed by atoms with Crippen LogP contribution in [-0.4, -0.2) is 16.4 Å². The molecule has 1 aromatic heterocycles. The van der Waals surface area contributed by atoms with Crippen molar-refractivity contribution in [2.75, 3.05) is 10.6 Å². The molecular formula is C17H17ClF3N3O. The third kappa shape index (κ3) is 5.35. The van der Waals surface area contributed by atoms with E-state index >= 15 is 0 Å². The number of anilines is 2. The average Bonchev–Trinajstić information content (AvgIpc) is 2.46. The molecule has 1 aromatic carbocycles. The van der Waals surface area contributed by atoms with Crippen LogP contribution in [0.4, 0.5) is 24.5 Å². The summed E-state index contributed by atoms with van der Waals surface area (Å²) in [6.45, 7) is 5.86. The lowest BCUT2D eigenvalue weighted by Crippen LogP contribution is -2.26. The third-order valence-corrected chi connectivity index (χ3v) is 3.38. The number of rotatable bonds is 3. The number of nitrogens with one attached hydrogen (secondary N) is 2. The lowest BCUT2D eigenvalue weighted by Gasteiger charge is -2.22. The maximum atomic E-state index is 12.8. The number of nitrogens with zero attached hydrogens (tertiary/aromatic N) is 1. The van der Waals surface area contributed by atoms with E-state index in [9.17, 15) is 18.0 Å². The van der Waals surface area contributed by atoms with Crippen LogP contribution in [-0.2, 0) is 6.18 Å². The van der Waals surface area contributed by atoms with E-state index in [0.29, 0.717) is 5.69 Å². The summed E-state index contributed by atoms with van der Waals surface area (Å²) in [5, 5.41) is 5.56. The fourth-order valence-electron chi connectivity index (χ4n) is 2.05. The predicted octanol–water partition coefficient (Wildman–Crippen LogP) is 5.22. The molecule has 0 radical (unpaired) electrons. The Morgan fingerprint density at radius 2 is 1.80 bits per heavy atom. The van der Waals surface area contributed by atoms with Crippen LogP contribution in [0, 0.1) is 0 Å². The van der Waals surface area contributed by atoms with Gasteiger partial charge in [-0.15, -0.1) is 0 Å². The second-order valence-corrected chi connectivity index (χ2v) is 6.86. The van der Waals surface area contributed by atoms with E-state index in [4.69, 9.17) is 11.6 Å². The molecule has 134 valence electrons. The van der Waals surface area contributed by atoms with Gasteiger partial charge in [-0.2, -0.15) is 13.2 Å². The van der Waals surface area contributed by atoms with Gasteiger partial charge in [0.2, 0.25) is 0 Å². The van der Waals surface area contributed by atoms with Gasteiger partial charge in [0.05, 0.1) is 16.3 Å². The van der Waals surface area contributed by atoms with E-state index in [0.717, 1.165) is 18.2 Å². The molecule has 2 N–H and O–H groups in total. The van der Waals surface area contributed by atoms with Gasteiger partial charge in [0.25, 0.3) is 5.91 Å². The van der Waals surface area contributed by atoms with Crippen molar-refractivity contribution in [3.63, 3.8) is 0 Å². The maximum Gasteiger partial charge on any atom is 0.416 e. The molecule has 1 amide bonds. The molecule has 0 saturated heterocycles. The molecule has 0 aliphatic carbocycles. The predicted molar refractivity (Wildman–Crippen MR) is 92.0 cm³/mol. The normalized spacial score (nSPS) is 12.0. The van der Waals surface area contributed by atoms with Crippen molar-refractivity contribution in [1.29, 1.82) is 0 Å². The monoisotopic (exact) mass is 371 g/mol. The lowest BCUT2D eigenvalue weighted by atomic mass is 10.1. The number of hydrogen-bond acceptors (Lipinski definition) is 3. The number of amides is 1. The summed E-state index contributed by atoms with van der Waals surface area (Å²) in [6.07, 6.45) is -3.09. The molecule has 0 atom stereocenters. The van der Waals surface area contributed by atoms with Crippen molar-refractivity contribution in [1.82, 2.24) is 4.98 Å². The number of aromatic nitrogens is 1. The Hall–Kier alpha value is -2.28. The molecular weight excluding hydrogens is 355 g/mol. The smallest absolute Gasteiger partial charge is 0.380 e. The number of hydrogen-bond donors (Lipinski definition) is 2. The molecule has 0 fully saturated rings. The minimum absolute atomic E-state index is 0.00493. The number of halogens is 4. The van der Waals surface area contributed by atoms with E-state index in [1.807, 2.05) is 20.8 Å². The Morgan fingerprint density at radius 3 is 2.40 bits per heavy atom. The van der Waals surface area contributed by atoms with Crippen molar-refractivity contribution in [3.8, 4) is 0 Å². The number of pyridine rings is 1. The Kier molecular flexibility index (Phi) is 5.27. The second-order valence-electron chi connectivity index (χ2n) is 6.45. The summed E-state index contributed by atoms with van der Waals surface area (Å²) in [5.74, 6) is -0.654. The lowest BCUT2D eigenvalue weighted by molar-refractivity contribution is -0.137. The van der Waals surface area contributed by atoms with E-state index < -0.39 is 17.6 Å². The van der Waals surface area contributed by atoms with Crippen LogP contribution in [0.2, 0.25) is 5.02 Å². The minimum atomic E-state index is -4.53. The number of carbonyl (C=O) groups is 1. The van der Waals surface area contributed by atoms with Gasteiger partial charge in [0.1, 0.15) is 5.69 Å². The van der Waals surface area contributed by atoms with Crippen LogP contribution in [0.3, 0.4) is 0 Å². The number of benzene rings is 1. The molecule has 2 aromatic rings. The largest absolute Gasteiger partial charge is 0.416 e. The van der Waals surface area contributed by atoms with Gasteiger partial charge < -0.3 is 10.6 Å². The topological polar surface area (TPSA) is 54.0 Å². The molecule has 8 heteroatoms. The van der Waals surface area contributed by atoms with Crippen LogP contribution in [0.1, 0.15) is 36.8 Å². The average molecular weight is 372 g/mol. The zero-order valence-corrected chi connectivity index (χ0v) is 14.6. The van der Waals surface area contributed by atoms with Gasteiger partial charge in [-0.25, -0.2) is 0 Å². The van der Waals surface area contributed by atoms with E-state index in [2.05, 4.69) is 15.6 Å². The summed E-state index contributed by atoms with van der Waals surface area (Å²) < 4.78 is 38.4. The zero-order chi connectivity index (χ0) is 18.8. The van der Waals surface area contributed by atoms with Crippen LogP contribution >= 0.6 is 11.6 Å². The minimum Gasteiger partial charge on any atom is -0.380 e. The van der Waals surface area contributed by atoms with Crippen LogP contribution < -0.4 is 10.6 Å². The maximum absolute atomic E-state index is 12.8. The van der Waals surface area contributed by atoms with Crippen molar-refractivity contribution < 1.29 is 18.0 Å². The molecule has 1 heterocycles. The first-order valence-corrected chi connectivity index (χ1v) is 7.76. The van der Waals surface area contributed by atoms with Gasteiger partial charge in [0.15, 0.2) is 0 Å². The highest BCUT2D eigenvalue weighted by molar-refractivity contribution is 6.33. The van der Waals surface area contributed by atoms with Gasteiger partial charge in [-0.3, -0.25) is 9.78 Å². The van der Waals surface area contributed by atoms with Crippen LogP contribution in [0.25, 0.3) is 0 Å². The first-order chi connectivity index (χ1) is 11.5. The van der Waals surface area contributed by atoms with Crippen molar-refractivity contribution >= 4 is 28.9 Å². The first kappa shape index (κ1) is 19.1. The molecule has 0 saturated carbocycles. The van der Waals surface area contributed by atoms with E-state index in [1.165, 1.54) is 12.3 Å². The molecule has 0 bridgehead atoms. The molecule has 0 aliphatic rings. The molecule has 0 unspecified atom stereocenters. The SMILES string of the molecule is CC(C)(C)Nc1ccnc(C(=O)Nc2cc(C(F)(F)F)ccc2Cl)c1. The highest BCUT2D eigenvalue weighted by Crippen LogP contribution is 2.34. The van der Waals surface area contributed by atoms with Gasteiger partial charge >= 0.3 is 6.18 Å². The molecule has 0 aliphatic heterocycles. The molecule has 2 rings (SSSR count). The summed E-state index contributed by atoms with van der Waals surface area (Å²) in [6, 6.07) is 5.94. The van der Waals surface area contributed by atoms with Crippen molar-refractivity contribution in [3.05, 3.63) is 52.8 Å². The van der Waals surface area contributed by atoms with E-state index in [-0.39, 0.29) is 21.9 Å². The van der Waals surface area contributed by atoms with Crippen molar-refractivity contribution in [2.45, 2.75) is 32.5 Å². The highest BCUT2D eigenvalue weighted by atomic mass is 35.5. The number of carbonyl (C=O) groups excluding carboxylic acids is 1. The summed E-state index contributed by atoms with van der Waals surface area (Å²) in [7, 11) is 0. The Bertz CT molecular complexity index is 785. The standard InChI is InChI=1S/C17H17ClF3N3O/c1-16(2,3)24-11-6-7-22-14(9-11)15(25)23-13-8-10(17(19,20)21)4-5-12(13)18/h4-9H,1-3H3,(H,22,24)(H,23,25). The third-order valence-electron chi connectivity index (χ3n) is 3.05. The fourth-order valence-corrected chi connectivity index (χ4v) is 2.21. The van der Waals surface area contributed by atoms with Crippen LogP contribution in [0.5, 0.6) is 0 Å². The Morgan fingerprint density at radius 1 is 1.12 bits per heavy atom. The Balaban J connectivity index is 2.24. The van der Waals surface area contributed by atoms with Crippen molar-refractivity contribution in [2.24, 2.45) is 0 Å². The summed E-state index contributed by atoms with van der Waals surface area (Å²) in [5.41, 5.74) is -0.522. The summed E-state index contributed by atoms with van der Waals surface area (Å²) in [4.78, 5) is 16.3. The number of alkyl halides is 3. The first-order valence-electron chi connectivity index (χ1n) is 7.38. The molecule has 0 spiro atoms. The fraction of sp³-hybridized carbons (Fsp3) is 0.294. The molecule has 4 nitrogen and oxygen atoms in total. The van der Waals surface area contributed by atoms with Gasteiger partial charge in [-0.1, -0.05) is 11.6 Å². The van der Waals surface area contributed by atoms with Crippen LogP contribution in [0.15, 0.2) is 36.5 Å². The quantitative estimate of drug-likeness (QED) is 0.778. The van der Waals surface area contributed by atoms with Gasteiger partial charge in [-0.05, 0) is 51.1 Å². The van der Waals surface area contributed by atoms with Gasteiger partial charge in [0, 0.05) is 17.4 Å². The summed E-state index contributed by atoms with van der Waals surface area (Å²) >= 11 is 5.88. The molecule has 25 heavy (non-hydrogen) atoms. The second kappa shape index (κ2) is 6.92. The highest BCUT2D eigenvalue weighted by Gasteiger charge is 2.31. The zero-order valence-electron chi connectivity index (χ0n) is 13.8. The Labute approximate surface area is 148 Å².